The summed E-state index contributed by atoms with van der Waals surface area (Å²) in [5, 5.41) is 2.87. The molecule has 1 amide bonds. The predicted molar refractivity (Wildman–Crippen MR) is 54.3 cm³/mol. The second-order valence-electron chi connectivity index (χ2n) is 3.92. The molecule has 15 heavy (non-hydrogen) atoms. The topological polar surface area (TPSA) is 81.2 Å². The molecule has 0 spiro atoms. The highest BCUT2D eigenvalue weighted by molar-refractivity contribution is 5.92. The maximum Gasteiger partial charge on any atom is 0.289 e. The van der Waals surface area contributed by atoms with Crippen molar-refractivity contribution in [2.24, 2.45) is 11.7 Å². The number of nitrogens with one attached hydrogen (secondary N) is 1. The first-order valence-corrected chi connectivity index (χ1v) is 5.13. The van der Waals surface area contributed by atoms with Gasteiger partial charge >= 0.3 is 0 Å². The summed E-state index contributed by atoms with van der Waals surface area (Å²) in [6, 6.07) is 0.0713. The van der Waals surface area contributed by atoms with E-state index in [2.05, 4.69) is 10.3 Å². The van der Waals surface area contributed by atoms with Crippen LogP contribution in [0.2, 0.25) is 0 Å². The van der Waals surface area contributed by atoms with Crippen LogP contribution in [0.25, 0.3) is 0 Å². The highest BCUT2D eigenvalue weighted by Gasteiger charge is 2.32. The maximum atomic E-state index is 11.7. The molecule has 3 N–H and O–H groups in total. The van der Waals surface area contributed by atoms with E-state index in [1.165, 1.54) is 6.39 Å². The Balaban J connectivity index is 1.99. The second kappa shape index (κ2) is 4.02. The predicted octanol–water partition coefficient (Wildman–Crippen LogP) is 0.450. The van der Waals surface area contributed by atoms with Gasteiger partial charge in [-0.05, 0) is 25.7 Å². The number of nitrogens with two attached hydrogens (primary N) is 1. The van der Waals surface area contributed by atoms with Gasteiger partial charge in [-0.1, -0.05) is 0 Å². The summed E-state index contributed by atoms with van der Waals surface area (Å²) in [7, 11) is 0. The SMILES string of the molecule is Cc1ncoc1C(=O)NC(CN)C1CC1. The Kier molecular flexibility index (Phi) is 2.73. The van der Waals surface area contributed by atoms with Crippen LogP contribution in [0.5, 0.6) is 0 Å². The Bertz CT molecular complexity index is 357. The van der Waals surface area contributed by atoms with Crippen LogP contribution in [-0.4, -0.2) is 23.5 Å². The molecule has 1 unspecified atom stereocenters. The Morgan fingerprint density at radius 3 is 3.00 bits per heavy atom. The molecule has 1 saturated carbocycles. The highest BCUT2D eigenvalue weighted by Crippen LogP contribution is 2.32. The zero-order valence-electron chi connectivity index (χ0n) is 8.69. The summed E-state index contributed by atoms with van der Waals surface area (Å²) >= 11 is 0. The van der Waals surface area contributed by atoms with E-state index in [0.717, 1.165) is 12.8 Å². The van der Waals surface area contributed by atoms with Crippen molar-refractivity contribution in [3.63, 3.8) is 0 Å². The van der Waals surface area contributed by atoms with Crippen LogP contribution >= 0.6 is 0 Å². The summed E-state index contributed by atoms with van der Waals surface area (Å²) in [5.74, 6) is 0.614. The third-order valence-electron chi connectivity index (χ3n) is 2.71. The van der Waals surface area contributed by atoms with Crippen LogP contribution in [0.4, 0.5) is 0 Å². The van der Waals surface area contributed by atoms with Gasteiger partial charge in [0.05, 0.1) is 5.69 Å². The van der Waals surface area contributed by atoms with Crippen molar-refractivity contribution in [3.8, 4) is 0 Å². The Morgan fingerprint density at radius 1 is 1.80 bits per heavy atom. The fraction of sp³-hybridized carbons (Fsp3) is 0.600. The number of hydrogen-bond acceptors (Lipinski definition) is 4. The molecule has 1 aliphatic carbocycles. The molecule has 0 saturated heterocycles. The van der Waals surface area contributed by atoms with Crippen molar-refractivity contribution in [1.29, 1.82) is 0 Å². The third-order valence-corrected chi connectivity index (χ3v) is 2.71. The van der Waals surface area contributed by atoms with Crippen molar-refractivity contribution in [3.05, 3.63) is 17.8 Å². The summed E-state index contributed by atoms with van der Waals surface area (Å²) in [6.07, 6.45) is 3.58. The minimum atomic E-state index is -0.215. The summed E-state index contributed by atoms with van der Waals surface area (Å²) < 4.78 is 5.01. The van der Waals surface area contributed by atoms with Gasteiger partial charge in [0.15, 0.2) is 6.39 Å². The van der Waals surface area contributed by atoms with Gasteiger partial charge in [-0.25, -0.2) is 4.98 Å². The maximum absolute atomic E-state index is 11.7. The van der Waals surface area contributed by atoms with E-state index in [4.69, 9.17) is 10.2 Å². The lowest BCUT2D eigenvalue weighted by molar-refractivity contribution is 0.0904. The normalized spacial score (nSPS) is 17.5. The molecular weight excluding hydrogens is 194 g/mol. The Hall–Kier alpha value is -1.36. The zero-order chi connectivity index (χ0) is 10.8. The molecule has 0 aromatic carbocycles. The van der Waals surface area contributed by atoms with Crippen molar-refractivity contribution in [2.75, 3.05) is 6.54 Å². The quantitative estimate of drug-likeness (QED) is 0.754. The van der Waals surface area contributed by atoms with E-state index in [1.807, 2.05) is 0 Å². The molecule has 1 heterocycles. The van der Waals surface area contributed by atoms with Gasteiger partial charge in [-0.15, -0.1) is 0 Å². The molecule has 1 aromatic heterocycles. The number of amides is 1. The highest BCUT2D eigenvalue weighted by atomic mass is 16.3. The van der Waals surface area contributed by atoms with Crippen LogP contribution < -0.4 is 11.1 Å². The lowest BCUT2D eigenvalue weighted by atomic mass is 10.2. The van der Waals surface area contributed by atoms with Crippen molar-refractivity contribution >= 4 is 5.91 Å². The molecule has 0 radical (unpaired) electrons. The van der Waals surface area contributed by atoms with E-state index >= 15 is 0 Å². The number of hydrogen-bond donors (Lipinski definition) is 2. The molecule has 1 aromatic rings. The average Bonchev–Trinajstić information content (AvgIpc) is 2.97. The van der Waals surface area contributed by atoms with E-state index in [-0.39, 0.29) is 17.7 Å². The van der Waals surface area contributed by atoms with Gasteiger partial charge in [0, 0.05) is 12.6 Å². The summed E-state index contributed by atoms with van der Waals surface area (Å²) in [6.45, 7) is 2.22. The molecule has 1 atom stereocenters. The fourth-order valence-corrected chi connectivity index (χ4v) is 1.62. The first-order valence-electron chi connectivity index (χ1n) is 5.13. The van der Waals surface area contributed by atoms with Crippen LogP contribution in [-0.2, 0) is 0 Å². The van der Waals surface area contributed by atoms with Crippen LogP contribution in [0.3, 0.4) is 0 Å². The van der Waals surface area contributed by atoms with E-state index in [0.29, 0.717) is 18.2 Å². The molecule has 5 nitrogen and oxygen atoms in total. The average molecular weight is 209 g/mol. The number of nitrogens with zero attached hydrogens (tertiary/aromatic N) is 1. The number of carbonyl (C=O) groups excluding carboxylic acids is 1. The number of oxazole rings is 1. The van der Waals surface area contributed by atoms with Crippen molar-refractivity contribution in [1.82, 2.24) is 10.3 Å². The monoisotopic (exact) mass is 209 g/mol. The Morgan fingerprint density at radius 2 is 2.53 bits per heavy atom. The van der Waals surface area contributed by atoms with Gasteiger partial charge in [0.1, 0.15) is 0 Å². The van der Waals surface area contributed by atoms with Crippen LogP contribution in [0.15, 0.2) is 10.8 Å². The second-order valence-corrected chi connectivity index (χ2v) is 3.92. The van der Waals surface area contributed by atoms with Gasteiger partial charge in [0.25, 0.3) is 5.91 Å². The summed E-state index contributed by atoms with van der Waals surface area (Å²) in [5.41, 5.74) is 6.20. The first kappa shape index (κ1) is 10.2. The standard InChI is InChI=1S/C10H15N3O2/c1-6-9(15-5-12-6)10(14)13-8(4-11)7-2-3-7/h5,7-8H,2-4,11H2,1H3,(H,13,14). The van der Waals surface area contributed by atoms with E-state index in [1.54, 1.807) is 6.92 Å². The largest absolute Gasteiger partial charge is 0.438 e. The number of aromatic nitrogens is 1. The summed E-state index contributed by atoms with van der Waals surface area (Å²) in [4.78, 5) is 15.6. The van der Waals surface area contributed by atoms with Crippen LogP contribution in [0, 0.1) is 12.8 Å². The molecule has 1 fully saturated rings. The molecular formula is C10H15N3O2. The number of aryl methyl sites for hydroxylation is 1. The smallest absolute Gasteiger partial charge is 0.289 e. The van der Waals surface area contributed by atoms with E-state index in [9.17, 15) is 4.79 Å². The molecule has 82 valence electrons. The van der Waals surface area contributed by atoms with Gasteiger partial charge in [-0.2, -0.15) is 0 Å². The van der Waals surface area contributed by atoms with Gasteiger partial charge in [-0.3, -0.25) is 4.79 Å². The lowest BCUT2D eigenvalue weighted by Crippen LogP contribution is -2.41. The van der Waals surface area contributed by atoms with Gasteiger partial charge < -0.3 is 15.5 Å². The number of rotatable bonds is 4. The molecule has 0 bridgehead atoms. The first-order chi connectivity index (χ1) is 7.22. The number of carbonyl (C=O) groups is 1. The Labute approximate surface area is 88.0 Å². The van der Waals surface area contributed by atoms with E-state index < -0.39 is 0 Å². The van der Waals surface area contributed by atoms with Crippen LogP contribution in [0.1, 0.15) is 29.1 Å². The minimum absolute atomic E-state index is 0.0713. The lowest BCUT2D eigenvalue weighted by Gasteiger charge is -2.14. The molecule has 5 heteroatoms. The fourth-order valence-electron chi connectivity index (χ4n) is 1.62. The third kappa shape index (κ3) is 2.18. The molecule has 0 aliphatic heterocycles. The molecule has 1 aliphatic rings. The minimum Gasteiger partial charge on any atom is -0.438 e. The molecule has 2 rings (SSSR count). The zero-order valence-corrected chi connectivity index (χ0v) is 8.69. The van der Waals surface area contributed by atoms with Crippen molar-refractivity contribution < 1.29 is 9.21 Å². The van der Waals surface area contributed by atoms with Crippen molar-refractivity contribution in [2.45, 2.75) is 25.8 Å². The van der Waals surface area contributed by atoms with Gasteiger partial charge in [0.2, 0.25) is 5.76 Å².